The summed E-state index contributed by atoms with van der Waals surface area (Å²) in [5.74, 6) is 0.654. The quantitative estimate of drug-likeness (QED) is 0.901. The first kappa shape index (κ1) is 13.7. The van der Waals surface area contributed by atoms with Crippen LogP contribution in [0.15, 0.2) is 24.4 Å². The Morgan fingerprint density at radius 2 is 2.20 bits per heavy atom. The second-order valence-corrected chi connectivity index (χ2v) is 6.17. The van der Waals surface area contributed by atoms with Crippen molar-refractivity contribution in [1.29, 1.82) is 0 Å². The molecule has 0 radical (unpaired) electrons. The van der Waals surface area contributed by atoms with Crippen LogP contribution >= 0.6 is 0 Å². The number of aromatic amines is 1. The standard InChI is InChI=1S/C17H25N3/c1-3-13-5-4-6-15-14(9-19-17(13)15)10-20-8-7-12(2)16(18)11-20/h4-6,9,12,16,19H,3,7-8,10-11,18H2,1-2H3. The zero-order chi connectivity index (χ0) is 14.1. The van der Waals surface area contributed by atoms with E-state index >= 15 is 0 Å². The van der Waals surface area contributed by atoms with Gasteiger partial charge in [-0.25, -0.2) is 0 Å². The van der Waals surface area contributed by atoms with Gasteiger partial charge >= 0.3 is 0 Å². The number of aromatic nitrogens is 1. The van der Waals surface area contributed by atoms with E-state index in [0.717, 1.165) is 26.1 Å². The van der Waals surface area contributed by atoms with Crippen LogP contribution in [0.3, 0.4) is 0 Å². The molecule has 0 aliphatic carbocycles. The number of hydrogen-bond donors (Lipinski definition) is 2. The van der Waals surface area contributed by atoms with E-state index in [-0.39, 0.29) is 0 Å². The predicted octanol–water partition coefficient (Wildman–Crippen LogP) is 2.90. The van der Waals surface area contributed by atoms with Crippen LogP contribution in [-0.2, 0) is 13.0 Å². The summed E-state index contributed by atoms with van der Waals surface area (Å²) in [7, 11) is 0. The third kappa shape index (κ3) is 2.48. The molecule has 108 valence electrons. The number of H-pyrrole nitrogens is 1. The molecule has 0 spiro atoms. The summed E-state index contributed by atoms with van der Waals surface area (Å²) in [6.45, 7) is 7.66. The van der Waals surface area contributed by atoms with E-state index in [9.17, 15) is 0 Å². The molecule has 0 bridgehead atoms. The van der Waals surface area contributed by atoms with Crippen LogP contribution in [0.5, 0.6) is 0 Å². The first-order valence-electron chi connectivity index (χ1n) is 7.74. The van der Waals surface area contributed by atoms with Crippen LogP contribution in [0.4, 0.5) is 0 Å². The molecule has 2 aromatic rings. The van der Waals surface area contributed by atoms with Gasteiger partial charge in [-0.05, 0) is 36.4 Å². The Balaban J connectivity index is 1.81. The molecule has 3 heteroatoms. The number of benzene rings is 1. The average Bonchev–Trinajstić information content (AvgIpc) is 2.86. The number of nitrogens with zero attached hydrogens (tertiary/aromatic N) is 1. The van der Waals surface area contributed by atoms with Gasteiger partial charge in [0.05, 0.1) is 0 Å². The number of para-hydroxylation sites is 1. The summed E-state index contributed by atoms with van der Waals surface area (Å²) in [4.78, 5) is 5.95. The Morgan fingerprint density at radius 3 is 2.95 bits per heavy atom. The lowest BCUT2D eigenvalue weighted by molar-refractivity contribution is 0.162. The van der Waals surface area contributed by atoms with Gasteiger partial charge in [-0.2, -0.15) is 0 Å². The fourth-order valence-corrected chi connectivity index (χ4v) is 3.25. The van der Waals surface area contributed by atoms with Crippen molar-refractivity contribution in [3.63, 3.8) is 0 Å². The van der Waals surface area contributed by atoms with Gasteiger partial charge in [-0.3, -0.25) is 4.90 Å². The number of hydrogen-bond acceptors (Lipinski definition) is 2. The van der Waals surface area contributed by atoms with Gasteiger partial charge in [0.15, 0.2) is 0 Å². The van der Waals surface area contributed by atoms with Crippen molar-refractivity contribution in [2.24, 2.45) is 11.7 Å². The van der Waals surface area contributed by atoms with Crippen LogP contribution in [0, 0.1) is 5.92 Å². The monoisotopic (exact) mass is 271 g/mol. The van der Waals surface area contributed by atoms with Crippen molar-refractivity contribution in [1.82, 2.24) is 9.88 Å². The number of nitrogens with two attached hydrogens (primary N) is 1. The number of rotatable bonds is 3. The van der Waals surface area contributed by atoms with Gasteiger partial charge in [-0.15, -0.1) is 0 Å². The molecule has 20 heavy (non-hydrogen) atoms. The molecule has 1 aromatic carbocycles. The molecule has 1 aromatic heterocycles. The van der Waals surface area contributed by atoms with E-state index in [1.165, 1.54) is 28.5 Å². The molecule has 1 aliphatic heterocycles. The number of nitrogens with one attached hydrogen (secondary N) is 1. The maximum Gasteiger partial charge on any atom is 0.0489 e. The third-order valence-electron chi connectivity index (χ3n) is 4.76. The van der Waals surface area contributed by atoms with Gasteiger partial charge in [0.25, 0.3) is 0 Å². The fourth-order valence-electron chi connectivity index (χ4n) is 3.25. The van der Waals surface area contributed by atoms with Gasteiger partial charge in [0.2, 0.25) is 0 Å². The minimum Gasteiger partial charge on any atom is -0.361 e. The highest BCUT2D eigenvalue weighted by Crippen LogP contribution is 2.25. The van der Waals surface area contributed by atoms with E-state index in [1.54, 1.807) is 0 Å². The molecule has 1 aliphatic rings. The maximum absolute atomic E-state index is 6.21. The minimum atomic E-state index is 0.320. The Kier molecular flexibility index (Phi) is 3.81. The Morgan fingerprint density at radius 1 is 1.35 bits per heavy atom. The molecule has 2 unspecified atom stereocenters. The topological polar surface area (TPSA) is 45.0 Å². The molecule has 3 rings (SSSR count). The predicted molar refractivity (Wildman–Crippen MR) is 84.7 cm³/mol. The minimum absolute atomic E-state index is 0.320. The van der Waals surface area contributed by atoms with Crippen molar-refractivity contribution in [3.05, 3.63) is 35.5 Å². The van der Waals surface area contributed by atoms with Crippen LogP contribution in [0.25, 0.3) is 10.9 Å². The summed E-state index contributed by atoms with van der Waals surface area (Å²) in [5.41, 5.74) is 10.3. The van der Waals surface area contributed by atoms with Crippen molar-refractivity contribution >= 4 is 10.9 Å². The zero-order valence-corrected chi connectivity index (χ0v) is 12.5. The SMILES string of the molecule is CCc1cccc2c(CN3CCC(C)C(N)C3)c[nH]c12. The first-order valence-corrected chi connectivity index (χ1v) is 7.74. The lowest BCUT2D eigenvalue weighted by Gasteiger charge is -2.34. The normalized spacial score (nSPS) is 24.4. The maximum atomic E-state index is 6.21. The second-order valence-electron chi connectivity index (χ2n) is 6.17. The number of aryl methyl sites for hydroxylation is 1. The molecular formula is C17H25N3. The van der Waals surface area contributed by atoms with E-state index in [2.05, 4.69) is 48.1 Å². The number of likely N-dealkylation sites (tertiary alicyclic amines) is 1. The highest BCUT2D eigenvalue weighted by molar-refractivity contribution is 5.86. The highest BCUT2D eigenvalue weighted by atomic mass is 15.1. The molecule has 0 amide bonds. The Hall–Kier alpha value is -1.32. The van der Waals surface area contributed by atoms with Crippen LogP contribution < -0.4 is 5.73 Å². The molecular weight excluding hydrogens is 246 g/mol. The number of piperidine rings is 1. The molecule has 3 N–H and O–H groups in total. The van der Waals surface area contributed by atoms with Crippen LogP contribution in [0.2, 0.25) is 0 Å². The zero-order valence-electron chi connectivity index (χ0n) is 12.5. The summed E-state index contributed by atoms with van der Waals surface area (Å²) >= 11 is 0. The first-order chi connectivity index (χ1) is 9.69. The Labute approximate surface area is 121 Å². The molecule has 3 nitrogen and oxygen atoms in total. The van der Waals surface area contributed by atoms with Gasteiger partial charge in [-0.1, -0.05) is 32.0 Å². The van der Waals surface area contributed by atoms with Crippen LogP contribution in [-0.4, -0.2) is 29.0 Å². The highest BCUT2D eigenvalue weighted by Gasteiger charge is 2.23. The van der Waals surface area contributed by atoms with Gasteiger partial charge in [0, 0.05) is 36.2 Å². The second kappa shape index (κ2) is 5.58. The summed E-state index contributed by atoms with van der Waals surface area (Å²) in [6.07, 6.45) is 4.46. The summed E-state index contributed by atoms with van der Waals surface area (Å²) < 4.78 is 0. The summed E-state index contributed by atoms with van der Waals surface area (Å²) in [6, 6.07) is 6.93. The van der Waals surface area contributed by atoms with Gasteiger partial charge in [0.1, 0.15) is 0 Å². The lowest BCUT2D eigenvalue weighted by atomic mass is 9.94. The van der Waals surface area contributed by atoms with Crippen molar-refractivity contribution in [3.8, 4) is 0 Å². The van der Waals surface area contributed by atoms with Crippen molar-refractivity contribution in [2.75, 3.05) is 13.1 Å². The van der Waals surface area contributed by atoms with Gasteiger partial charge < -0.3 is 10.7 Å². The van der Waals surface area contributed by atoms with E-state index in [1.807, 2.05) is 0 Å². The molecule has 1 fully saturated rings. The smallest absolute Gasteiger partial charge is 0.0489 e. The van der Waals surface area contributed by atoms with Crippen molar-refractivity contribution < 1.29 is 0 Å². The average molecular weight is 271 g/mol. The third-order valence-corrected chi connectivity index (χ3v) is 4.76. The van der Waals surface area contributed by atoms with Crippen molar-refractivity contribution in [2.45, 2.75) is 39.3 Å². The number of fused-ring (bicyclic) bond motifs is 1. The molecule has 2 atom stereocenters. The Bertz CT molecular complexity index is 587. The molecule has 2 heterocycles. The lowest BCUT2D eigenvalue weighted by Crippen LogP contribution is -2.47. The van der Waals surface area contributed by atoms with E-state index in [4.69, 9.17) is 5.73 Å². The largest absolute Gasteiger partial charge is 0.361 e. The molecule has 0 saturated carbocycles. The van der Waals surface area contributed by atoms with E-state index in [0.29, 0.717) is 12.0 Å². The fraction of sp³-hybridized carbons (Fsp3) is 0.529. The molecule has 1 saturated heterocycles. The van der Waals surface area contributed by atoms with E-state index < -0.39 is 0 Å². The summed E-state index contributed by atoms with van der Waals surface area (Å²) in [5, 5.41) is 1.37. The van der Waals surface area contributed by atoms with Crippen LogP contribution in [0.1, 0.15) is 31.4 Å².